The van der Waals surface area contributed by atoms with E-state index in [1.165, 1.54) is 6.07 Å². The Morgan fingerprint density at radius 2 is 1.93 bits per heavy atom. The number of alkyl halides is 3. The van der Waals surface area contributed by atoms with Crippen LogP contribution < -0.4 is 0 Å². The largest absolute Gasteiger partial charge is 0.392 e. The van der Waals surface area contributed by atoms with E-state index < -0.39 is 18.0 Å². The maximum atomic E-state index is 12.3. The van der Waals surface area contributed by atoms with Crippen molar-refractivity contribution in [1.29, 1.82) is 0 Å². The highest BCUT2D eigenvalue weighted by atomic mass is 35.5. The molecular formula is C8H5Cl2F3N2. The minimum absolute atomic E-state index is 0.00356. The average molecular weight is 257 g/mol. The summed E-state index contributed by atoms with van der Waals surface area (Å²) in [5, 5.41) is 6.97. The Morgan fingerprint density at radius 3 is 2.47 bits per heavy atom. The molecule has 82 valence electrons. The van der Waals surface area contributed by atoms with Gasteiger partial charge in [0.05, 0.1) is 5.92 Å². The Bertz CT molecular complexity index is 394. The molecule has 15 heavy (non-hydrogen) atoms. The molecule has 0 saturated heterocycles. The van der Waals surface area contributed by atoms with Crippen LogP contribution in [0.4, 0.5) is 13.2 Å². The van der Waals surface area contributed by atoms with Crippen LogP contribution >= 0.6 is 23.2 Å². The van der Waals surface area contributed by atoms with Gasteiger partial charge in [0.15, 0.2) is 10.3 Å². The van der Waals surface area contributed by atoms with Crippen molar-refractivity contribution < 1.29 is 13.2 Å². The van der Waals surface area contributed by atoms with Crippen LogP contribution in [0.1, 0.15) is 17.9 Å². The Morgan fingerprint density at radius 1 is 1.27 bits per heavy atom. The van der Waals surface area contributed by atoms with Gasteiger partial charge in [-0.1, -0.05) is 23.2 Å². The lowest BCUT2D eigenvalue weighted by molar-refractivity contribution is -0.148. The maximum absolute atomic E-state index is 12.3. The summed E-state index contributed by atoms with van der Waals surface area (Å²) in [5.74, 6) is -1.94. The number of rotatable bonds is 1. The first-order chi connectivity index (χ1) is 6.89. The van der Waals surface area contributed by atoms with E-state index in [9.17, 15) is 13.2 Å². The van der Waals surface area contributed by atoms with Gasteiger partial charge in [0.2, 0.25) is 0 Å². The van der Waals surface area contributed by atoms with Gasteiger partial charge in [0, 0.05) is 0 Å². The molecule has 1 fully saturated rings. The summed E-state index contributed by atoms with van der Waals surface area (Å²) in [6.07, 6.45) is -4.13. The van der Waals surface area contributed by atoms with Gasteiger partial charge in [-0.05, 0) is 24.0 Å². The van der Waals surface area contributed by atoms with Crippen molar-refractivity contribution in [2.24, 2.45) is 5.92 Å². The van der Waals surface area contributed by atoms with Crippen molar-refractivity contribution in [3.8, 4) is 0 Å². The summed E-state index contributed by atoms with van der Waals surface area (Å²) in [5.41, 5.74) is 0.332. The van der Waals surface area contributed by atoms with Gasteiger partial charge >= 0.3 is 6.18 Å². The summed E-state index contributed by atoms with van der Waals surface area (Å²) in [4.78, 5) is 0. The molecule has 0 N–H and O–H groups in total. The zero-order chi connectivity index (χ0) is 11.2. The molecule has 0 spiro atoms. The molecule has 7 heteroatoms. The fraction of sp³-hybridized carbons (Fsp3) is 0.500. The molecular weight excluding hydrogens is 252 g/mol. The minimum Gasteiger partial charge on any atom is -0.171 e. The van der Waals surface area contributed by atoms with Crippen LogP contribution in [0, 0.1) is 5.92 Å². The van der Waals surface area contributed by atoms with Crippen molar-refractivity contribution in [1.82, 2.24) is 10.2 Å². The zero-order valence-corrected chi connectivity index (χ0v) is 8.74. The maximum Gasteiger partial charge on any atom is 0.392 e. The second-order valence-corrected chi connectivity index (χ2v) is 4.15. The van der Waals surface area contributed by atoms with E-state index in [1.807, 2.05) is 0 Å². The van der Waals surface area contributed by atoms with Gasteiger partial charge in [0.1, 0.15) is 0 Å². The molecule has 0 aliphatic heterocycles. The average Bonchev–Trinajstić information content (AvgIpc) is 2.87. The third-order valence-corrected chi connectivity index (χ3v) is 2.84. The molecule has 0 radical (unpaired) electrons. The minimum atomic E-state index is -4.18. The Labute approximate surface area is 93.4 Å². The normalized spacial score (nSPS) is 25.4. The summed E-state index contributed by atoms with van der Waals surface area (Å²) in [6, 6.07) is 1.34. The molecule has 1 aliphatic carbocycles. The quantitative estimate of drug-likeness (QED) is 0.769. The third kappa shape index (κ3) is 2.18. The van der Waals surface area contributed by atoms with E-state index in [1.54, 1.807) is 0 Å². The Hall–Kier alpha value is -0.550. The zero-order valence-electron chi connectivity index (χ0n) is 7.22. The van der Waals surface area contributed by atoms with Gasteiger partial charge in [0.25, 0.3) is 0 Å². The van der Waals surface area contributed by atoms with Crippen LogP contribution in [0.25, 0.3) is 0 Å². The van der Waals surface area contributed by atoms with E-state index in [0.29, 0.717) is 5.56 Å². The molecule has 1 heterocycles. The molecule has 1 aromatic rings. The fourth-order valence-corrected chi connectivity index (χ4v) is 1.91. The summed E-state index contributed by atoms with van der Waals surface area (Å²) in [7, 11) is 0. The van der Waals surface area contributed by atoms with Crippen LogP contribution in [0.15, 0.2) is 6.07 Å². The summed E-state index contributed by atoms with van der Waals surface area (Å²) in [6.45, 7) is 0. The number of halogens is 5. The highest BCUT2D eigenvalue weighted by Gasteiger charge is 2.56. The predicted octanol–water partition coefficient (Wildman–Crippen LogP) is 3.45. The van der Waals surface area contributed by atoms with Crippen molar-refractivity contribution >= 4 is 23.2 Å². The molecule has 2 rings (SSSR count). The topological polar surface area (TPSA) is 25.8 Å². The molecule has 1 aromatic heterocycles. The molecule has 1 aliphatic rings. The van der Waals surface area contributed by atoms with E-state index >= 15 is 0 Å². The lowest BCUT2D eigenvalue weighted by Gasteiger charge is -2.05. The summed E-state index contributed by atoms with van der Waals surface area (Å²) < 4.78 is 36.9. The Kier molecular flexibility index (Phi) is 2.55. The van der Waals surface area contributed by atoms with E-state index in [2.05, 4.69) is 10.2 Å². The molecule has 0 amide bonds. The van der Waals surface area contributed by atoms with Crippen molar-refractivity contribution in [3.63, 3.8) is 0 Å². The van der Waals surface area contributed by atoms with E-state index in [-0.39, 0.29) is 16.7 Å². The van der Waals surface area contributed by atoms with E-state index in [4.69, 9.17) is 23.2 Å². The molecule has 0 unspecified atom stereocenters. The van der Waals surface area contributed by atoms with Crippen molar-refractivity contribution in [3.05, 3.63) is 21.9 Å². The smallest absolute Gasteiger partial charge is 0.171 e. The SMILES string of the molecule is FC(F)(F)[C@H]1C[C@@H]1c1cc(Cl)nnc1Cl. The Balaban J connectivity index is 2.23. The monoisotopic (exact) mass is 256 g/mol. The molecule has 0 aromatic carbocycles. The number of hydrogen-bond acceptors (Lipinski definition) is 2. The molecule has 1 saturated carbocycles. The molecule has 0 bridgehead atoms. The molecule has 2 atom stereocenters. The van der Waals surface area contributed by atoms with Gasteiger partial charge in [-0.2, -0.15) is 13.2 Å². The summed E-state index contributed by atoms with van der Waals surface area (Å²) >= 11 is 11.2. The van der Waals surface area contributed by atoms with Gasteiger partial charge in [-0.25, -0.2) is 0 Å². The second kappa shape index (κ2) is 3.49. The number of nitrogens with zero attached hydrogens (tertiary/aromatic N) is 2. The predicted molar refractivity (Wildman–Crippen MR) is 49.0 cm³/mol. The van der Waals surface area contributed by atoms with Crippen molar-refractivity contribution in [2.75, 3.05) is 0 Å². The van der Waals surface area contributed by atoms with Gasteiger partial charge in [-0.15, -0.1) is 10.2 Å². The second-order valence-electron chi connectivity index (χ2n) is 3.40. The third-order valence-electron chi connectivity index (χ3n) is 2.36. The number of hydrogen-bond donors (Lipinski definition) is 0. The van der Waals surface area contributed by atoms with Crippen LogP contribution in [0.5, 0.6) is 0 Å². The van der Waals surface area contributed by atoms with E-state index in [0.717, 1.165) is 0 Å². The first-order valence-electron chi connectivity index (χ1n) is 4.15. The lowest BCUT2D eigenvalue weighted by atomic mass is 10.1. The standard InChI is InChI=1S/C8H5Cl2F3N2/c9-6-2-4(7(10)15-14-6)3-1-5(3)8(11,12)13/h2-3,5H,1H2/t3-,5+/m1/s1. The van der Waals surface area contributed by atoms with Crippen LogP contribution in [-0.4, -0.2) is 16.4 Å². The fourth-order valence-electron chi connectivity index (χ4n) is 1.53. The first kappa shape index (κ1) is 11.0. The van der Waals surface area contributed by atoms with Gasteiger partial charge in [-0.3, -0.25) is 0 Å². The number of aromatic nitrogens is 2. The van der Waals surface area contributed by atoms with Crippen molar-refractivity contribution in [2.45, 2.75) is 18.5 Å². The first-order valence-corrected chi connectivity index (χ1v) is 4.90. The van der Waals surface area contributed by atoms with Gasteiger partial charge < -0.3 is 0 Å². The highest BCUT2D eigenvalue weighted by molar-refractivity contribution is 6.31. The van der Waals surface area contributed by atoms with Crippen LogP contribution in [0.3, 0.4) is 0 Å². The molecule has 2 nitrogen and oxygen atoms in total. The highest BCUT2D eigenvalue weighted by Crippen LogP contribution is 2.57. The lowest BCUT2D eigenvalue weighted by Crippen LogP contribution is -2.11. The van der Waals surface area contributed by atoms with Crippen LogP contribution in [0.2, 0.25) is 10.3 Å². The van der Waals surface area contributed by atoms with Crippen LogP contribution in [-0.2, 0) is 0 Å².